The lowest BCUT2D eigenvalue weighted by Gasteiger charge is -2.21. The van der Waals surface area contributed by atoms with Crippen molar-refractivity contribution in [1.82, 2.24) is 5.43 Å². The first-order valence-electron chi connectivity index (χ1n) is 5.13. The highest BCUT2D eigenvalue weighted by Gasteiger charge is 2.21. The van der Waals surface area contributed by atoms with E-state index < -0.39 is 0 Å². The maximum atomic E-state index is 5.56. The van der Waals surface area contributed by atoms with Gasteiger partial charge in [-0.25, -0.2) is 5.43 Å². The van der Waals surface area contributed by atoms with Crippen LogP contribution in [-0.2, 0) is 4.74 Å². The molecular formula is C11H16N2O2. The first-order chi connectivity index (χ1) is 7.33. The third-order valence-electron chi connectivity index (χ3n) is 2.66. The van der Waals surface area contributed by atoms with Crippen LogP contribution < -0.4 is 11.3 Å². The van der Waals surface area contributed by atoms with Gasteiger partial charge in [-0.1, -0.05) is 0 Å². The minimum absolute atomic E-state index is 0.0692. The summed E-state index contributed by atoms with van der Waals surface area (Å²) in [5, 5.41) is 0. The maximum Gasteiger partial charge on any atom is 0.129 e. The Labute approximate surface area is 89.1 Å². The van der Waals surface area contributed by atoms with Crippen molar-refractivity contribution in [3.8, 4) is 0 Å². The fourth-order valence-corrected chi connectivity index (χ4v) is 1.83. The van der Waals surface area contributed by atoms with Gasteiger partial charge in [0, 0.05) is 0 Å². The molecule has 4 heteroatoms. The molecule has 0 spiro atoms. The van der Waals surface area contributed by atoms with Crippen LogP contribution in [0.15, 0.2) is 28.6 Å². The Morgan fingerprint density at radius 1 is 1.53 bits per heavy atom. The molecule has 1 aliphatic rings. The molecule has 0 amide bonds. The van der Waals surface area contributed by atoms with Crippen molar-refractivity contribution in [2.24, 2.45) is 5.84 Å². The normalized spacial score (nSPS) is 18.1. The summed E-state index contributed by atoms with van der Waals surface area (Å²) >= 11 is 0. The maximum absolute atomic E-state index is 5.56. The zero-order valence-electron chi connectivity index (χ0n) is 8.82. The van der Waals surface area contributed by atoms with E-state index in [9.17, 15) is 0 Å². The van der Waals surface area contributed by atoms with Crippen molar-refractivity contribution in [2.45, 2.75) is 25.8 Å². The van der Waals surface area contributed by atoms with Crippen molar-refractivity contribution >= 4 is 0 Å². The van der Waals surface area contributed by atoms with Crippen molar-refractivity contribution < 1.29 is 9.15 Å². The number of nitrogens with one attached hydrogen (secondary N) is 1. The molecule has 0 radical (unpaired) electrons. The van der Waals surface area contributed by atoms with E-state index in [0.29, 0.717) is 0 Å². The Kier molecular flexibility index (Phi) is 3.08. The second kappa shape index (κ2) is 4.51. The Bertz CT molecular complexity index is 357. The van der Waals surface area contributed by atoms with Gasteiger partial charge >= 0.3 is 0 Å². The molecule has 0 fully saturated rings. The van der Waals surface area contributed by atoms with Crippen molar-refractivity contribution in [1.29, 1.82) is 0 Å². The summed E-state index contributed by atoms with van der Waals surface area (Å²) in [6.07, 6.45) is 5.49. The van der Waals surface area contributed by atoms with Gasteiger partial charge in [0.2, 0.25) is 0 Å². The standard InChI is InChI=1S/C11H16N2O2/c1-8-4-6-15-11(8)10(13-12)9-3-2-5-14-7-9/h4,6-7,10,13H,2-3,5,12H2,1H3. The fraction of sp³-hybridized carbons (Fsp3) is 0.455. The summed E-state index contributed by atoms with van der Waals surface area (Å²) in [6, 6.07) is 1.87. The fourth-order valence-electron chi connectivity index (χ4n) is 1.83. The predicted octanol–water partition coefficient (Wildman–Crippen LogP) is 1.79. The number of hydrogen-bond donors (Lipinski definition) is 2. The van der Waals surface area contributed by atoms with E-state index in [4.69, 9.17) is 15.0 Å². The van der Waals surface area contributed by atoms with Gasteiger partial charge in [-0.05, 0) is 37.0 Å². The van der Waals surface area contributed by atoms with E-state index in [1.165, 1.54) is 0 Å². The van der Waals surface area contributed by atoms with Gasteiger partial charge in [0.15, 0.2) is 0 Å². The molecule has 2 rings (SSSR count). The Morgan fingerprint density at radius 2 is 2.40 bits per heavy atom. The predicted molar refractivity (Wildman–Crippen MR) is 56.8 cm³/mol. The van der Waals surface area contributed by atoms with Crippen LogP contribution in [-0.4, -0.2) is 6.61 Å². The number of furan rings is 1. The van der Waals surface area contributed by atoms with Gasteiger partial charge in [-0.2, -0.15) is 0 Å². The summed E-state index contributed by atoms with van der Waals surface area (Å²) in [5.74, 6) is 6.43. The molecule has 0 saturated carbocycles. The largest absolute Gasteiger partial charge is 0.501 e. The summed E-state index contributed by atoms with van der Waals surface area (Å²) in [6.45, 7) is 2.80. The van der Waals surface area contributed by atoms with Crippen LogP contribution in [0.2, 0.25) is 0 Å². The highest BCUT2D eigenvalue weighted by molar-refractivity contribution is 5.26. The number of aryl methyl sites for hydroxylation is 1. The smallest absolute Gasteiger partial charge is 0.129 e. The number of hydrazine groups is 1. The molecule has 1 unspecified atom stereocenters. The Morgan fingerprint density at radius 3 is 2.93 bits per heavy atom. The summed E-state index contributed by atoms with van der Waals surface area (Å²) < 4.78 is 10.7. The zero-order chi connectivity index (χ0) is 10.7. The summed E-state index contributed by atoms with van der Waals surface area (Å²) in [5.41, 5.74) is 5.01. The summed E-state index contributed by atoms with van der Waals surface area (Å²) in [4.78, 5) is 0. The number of ether oxygens (including phenoxy) is 1. The van der Waals surface area contributed by atoms with Crippen LogP contribution in [0.4, 0.5) is 0 Å². The van der Waals surface area contributed by atoms with Crippen LogP contribution in [0.5, 0.6) is 0 Å². The molecule has 4 nitrogen and oxygen atoms in total. The van der Waals surface area contributed by atoms with Crippen LogP contribution in [0, 0.1) is 6.92 Å². The Balaban J connectivity index is 2.24. The third kappa shape index (κ3) is 2.06. The van der Waals surface area contributed by atoms with Crippen molar-refractivity contribution in [2.75, 3.05) is 6.61 Å². The molecule has 2 heterocycles. The molecular weight excluding hydrogens is 192 g/mol. The lowest BCUT2D eigenvalue weighted by molar-refractivity contribution is 0.217. The van der Waals surface area contributed by atoms with Gasteiger partial charge in [0.1, 0.15) is 11.8 Å². The minimum Gasteiger partial charge on any atom is -0.501 e. The van der Waals surface area contributed by atoms with Gasteiger partial charge in [0.25, 0.3) is 0 Å². The molecule has 1 aliphatic heterocycles. The van der Waals surface area contributed by atoms with Crippen LogP contribution >= 0.6 is 0 Å². The van der Waals surface area contributed by atoms with Crippen molar-refractivity contribution in [3.05, 3.63) is 35.5 Å². The quantitative estimate of drug-likeness (QED) is 0.587. The van der Waals surface area contributed by atoms with Crippen molar-refractivity contribution in [3.63, 3.8) is 0 Å². The van der Waals surface area contributed by atoms with Crippen LogP contribution in [0.1, 0.15) is 30.2 Å². The topological polar surface area (TPSA) is 60.4 Å². The average Bonchev–Trinajstić information content (AvgIpc) is 2.68. The van der Waals surface area contributed by atoms with E-state index in [1.54, 1.807) is 12.5 Å². The molecule has 1 aromatic rings. The van der Waals surface area contributed by atoms with Crippen LogP contribution in [0.25, 0.3) is 0 Å². The SMILES string of the molecule is Cc1ccoc1C(NN)C1=COCCC1. The van der Waals surface area contributed by atoms with Gasteiger partial charge in [-0.3, -0.25) is 5.84 Å². The molecule has 1 atom stereocenters. The minimum atomic E-state index is -0.0692. The van der Waals surface area contributed by atoms with Gasteiger partial charge in [-0.15, -0.1) is 0 Å². The van der Waals surface area contributed by atoms with E-state index in [-0.39, 0.29) is 6.04 Å². The second-order valence-corrected chi connectivity index (χ2v) is 3.73. The van der Waals surface area contributed by atoms with E-state index in [2.05, 4.69) is 5.43 Å². The monoisotopic (exact) mass is 208 g/mol. The molecule has 15 heavy (non-hydrogen) atoms. The number of nitrogens with two attached hydrogens (primary N) is 1. The lowest BCUT2D eigenvalue weighted by Crippen LogP contribution is -2.30. The second-order valence-electron chi connectivity index (χ2n) is 3.73. The molecule has 0 saturated heterocycles. The molecule has 0 aromatic carbocycles. The van der Waals surface area contributed by atoms with Crippen LogP contribution in [0.3, 0.4) is 0 Å². The Hall–Kier alpha value is -1.26. The molecule has 0 aliphatic carbocycles. The average molecular weight is 208 g/mol. The zero-order valence-corrected chi connectivity index (χ0v) is 8.82. The molecule has 1 aromatic heterocycles. The molecule has 0 bridgehead atoms. The van der Waals surface area contributed by atoms with Gasteiger partial charge in [0.05, 0.1) is 19.1 Å². The lowest BCUT2D eigenvalue weighted by atomic mass is 9.99. The molecule has 82 valence electrons. The van der Waals surface area contributed by atoms with Gasteiger partial charge < -0.3 is 9.15 Å². The number of hydrogen-bond acceptors (Lipinski definition) is 4. The summed E-state index contributed by atoms with van der Waals surface area (Å²) in [7, 11) is 0. The first kappa shape index (κ1) is 10.3. The van der Waals surface area contributed by atoms with E-state index >= 15 is 0 Å². The van der Waals surface area contributed by atoms with E-state index in [1.807, 2.05) is 13.0 Å². The first-order valence-corrected chi connectivity index (χ1v) is 5.13. The van der Waals surface area contributed by atoms with E-state index in [0.717, 1.165) is 36.3 Å². The number of rotatable bonds is 3. The highest BCUT2D eigenvalue weighted by Crippen LogP contribution is 2.29. The molecule has 3 N–H and O–H groups in total. The third-order valence-corrected chi connectivity index (χ3v) is 2.66. The highest BCUT2D eigenvalue weighted by atomic mass is 16.5.